The van der Waals surface area contributed by atoms with Crippen LogP contribution in [0.5, 0.6) is 0 Å². The molecular weight excluding hydrogens is 369 g/mol. The fourth-order valence-electron chi connectivity index (χ4n) is 2.01. The third-order valence-electron chi connectivity index (χ3n) is 3.14. The van der Waals surface area contributed by atoms with E-state index in [4.69, 9.17) is 4.52 Å². The first-order valence-corrected chi connectivity index (χ1v) is 8.81. The van der Waals surface area contributed by atoms with Gasteiger partial charge in [-0.15, -0.1) is 0 Å². The van der Waals surface area contributed by atoms with Gasteiger partial charge in [0.2, 0.25) is 10.0 Å². The molecule has 0 atom stereocenters. The average Bonchev–Trinajstić information content (AvgIpc) is 2.92. The Morgan fingerprint density at radius 2 is 1.88 bits per heavy atom. The van der Waals surface area contributed by atoms with E-state index in [-0.39, 0.29) is 16.3 Å². The zero-order chi connectivity index (χ0) is 19.3. The second-order valence-corrected chi connectivity index (χ2v) is 6.90. The van der Waals surface area contributed by atoms with Crippen molar-refractivity contribution in [2.45, 2.75) is 18.7 Å². The smallest absolute Gasteiger partial charge is 0.321 e. The Morgan fingerprint density at radius 3 is 2.46 bits per heavy atom. The summed E-state index contributed by atoms with van der Waals surface area (Å²) >= 11 is 0. The SMILES string of the molecule is Cc1noc(C)c1S(=O)(=O)NCC(=O)OCC(=O)Nc1ccc(F)cc1. The van der Waals surface area contributed by atoms with Gasteiger partial charge in [-0.1, -0.05) is 5.16 Å². The maximum atomic E-state index is 12.8. The van der Waals surface area contributed by atoms with Gasteiger partial charge < -0.3 is 14.6 Å². The van der Waals surface area contributed by atoms with Gasteiger partial charge in [-0.25, -0.2) is 12.8 Å². The van der Waals surface area contributed by atoms with E-state index in [1.165, 1.54) is 26.0 Å². The molecule has 0 bridgehead atoms. The number of ether oxygens (including phenoxy) is 1. The largest absolute Gasteiger partial charge is 0.455 e. The number of nitrogens with zero attached hydrogens (tertiary/aromatic N) is 1. The molecule has 0 aliphatic rings. The minimum Gasteiger partial charge on any atom is -0.455 e. The van der Waals surface area contributed by atoms with Gasteiger partial charge in [-0.2, -0.15) is 4.72 Å². The quantitative estimate of drug-likeness (QED) is 0.678. The Labute approximate surface area is 148 Å². The Kier molecular flexibility index (Phi) is 6.05. The number of nitrogens with one attached hydrogen (secondary N) is 2. The van der Waals surface area contributed by atoms with Crippen molar-refractivity contribution in [2.75, 3.05) is 18.5 Å². The Balaban J connectivity index is 1.81. The second kappa shape index (κ2) is 8.06. The topological polar surface area (TPSA) is 128 Å². The molecule has 0 saturated carbocycles. The van der Waals surface area contributed by atoms with Gasteiger partial charge in [0.1, 0.15) is 23.0 Å². The molecule has 0 unspecified atom stereocenters. The van der Waals surface area contributed by atoms with Gasteiger partial charge in [0.05, 0.1) is 0 Å². The summed E-state index contributed by atoms with van der Waals surface area (Å²) in [4.78, 5) is 23.1. The van der Waals surface area contributed by atoms with Gasteiger partial charge in [-0.05, 0) is 38.1 Å². The lowest BCUT2D eigenvalue weighted by molar-refractivity contribution is -0.146. The standard InChI is InChI=1S/C15H16FN3O6S/c1-9-15(10(2)25-19-9)26(22,23)17-7-14(21)24-8-13(20)18-12-5-3-11(16)4-6-12/h3-6,17H,7-8H2,1-2H3,(H,18,20). The van der Waals surface area contributed by atoms with Crippen LogP contribution in [-0.4, -0.2) is 38.6 Å². The summed E-state index contributed by atoms with van der Waals surface area (Å²) in [6.45, 7) is 1.58. The number of halogens is 1. The van der Waals surface area contributed by atoms with Gasteiger partial charge in [0.25, 0.3) is 5.91 Å². The van der Waals surface area contributed by atoms with Gasteiger partial charge in [-0.3, -0.25) is 9.59 Å². The van der Waals surface area contributed by atoms with Crippen LogP contribution in [0.25, 0.3) is 0 Å². The van der Waals surface area contributed by atoms with E-state index in [2.05, 4.69) is 15.2 Å². The molecule has 1 amide bonds. The van der Waals surface area contributed by atoms with Crippen molar-refractivity contribution in [2.24, 2.45) is 0 Å². The van der Waals surface area contributed by atoms with Crippen molar-refractivity contribution in [3.05, 3.63) is 41.5 Å². The molecule has 1 heterocycles. The number of aryl methyl sites for hydroxylation is 2. The van der Waals surface area contributed by atoms with E-state index >= 15 is 0 Å². The van der Waals surface area contributed by atoms with Crippen LogP contribution in [0.4, 0.5) is 10.1 Å². The molecule has 0 radical (unpaired) electrons. The minimum absolute atomic E-state index is 0.0852. The van der Waals surface area contributed by atoms with Gasteiger partial charge >= 0.3 is 5.97 Å². The Morgan fingerprint density at radius 1 is 1.23 bits per heavy atom. The predicted octanol–water partition coefficient (Wildman–Crippen LogP) is 0.891. The maximum absolute atomic E-state index is 12.8. The molecule has 140 valence electrons. The third kappa shape index (κ3) is 5.10. The summed E-state index contributed by atoms with van der Waals surface area (Å²) in [5, 5.41) is 5.92. The minimum atomic E-state index is -4.01. The normalized spacial score (nSPS) is 11.2. The van der Waals surface area contributed by atoms with E-state index in [0.717, 1.165) is 12.1 Å². The van der Waals surface area contributed by atoms with E-state index in [0.29, 0.717) is 5.69 Å². The second-order valence-electron chi connectivity index (χ2n) is 5.19. The number of sulfonamides is 1. The zero-order valence-corrected chi connectivity index (χ0v) is 14.7. The van der Waals surface area contributed by atoms with Crippen LogP contribution in [0, 0.1) is 19.7 Å². The number of benzene rings is 1. The first kappa shape index (κ1) is 19.5. The molecule has 0 saturated heterocycles. The van der Waals surface area contributed by atoms with E-state index in [1.807, 2.05) is 4.72 Å². The van der Waals surface area contributed by atoms with E-state index < -0.39 is 40.9 Å². The highest BCUT2D eigenvalue weighted by molar-refractivity contribution is 7.89. The monoisotopic (exact) mass is 385 g/mol. The van der Waals surface area contributed by atoms with Gasteiger partial charge in [0, 0.05) is 5.69 Å². The molecule has 0 aliphatic heterocycles. The van der Waals surface area contributed by atoms with Crippen molar-refractivity contribution in [1.29, 1.82) is 0 Å². The summed E-state index contributed by atoms with van der Waals surface area (Å²) < 4.78 is 48.5. The highest BCUT2D eigenvalue weighted by Gasteiger charge is 2.25. The summed E-state index contributed by atoms with van der Waals surface area (Å²) in [7, 11) is -4.01. The van der Waals surface area contributed by atoms with E-state index in [9.17, 15) is 22.4 Å². The van der Waals surface area contributed by atoms with Crippen LogP contribution in [0.3, 0.4) is 0 Å². The first-order valence-electron chi connectivity index (χ1n) is 7.32. The number of carbonyl (C=O) groups is 2. The molecule has 0 aliphatic carbocycles. The van der Waals surface area contributed by atoms with E-state index in [1.54, 1.807) is 0 Å². The molecule has 2 N–H and O–H groups in total. The number of hydrogen-bond acceptors (Lipinski definition) is 7. The molecule has 0 spiro atoms. The van der Waals surface area contributed by atoms with Crippen molar-refractivity contribution in [1.82, 2.24) is 9.88 Å². The fraction of sp³-hybridized carbons (Fsp3) is 0.267. The number of carbonyl (C=O) groups excluding carboxylic acids is 2. The number of rotatable bonds is 7. The van der Waals surface area contributed by atoms with Crippen LogP contribution in [-0.2, 0) is 24.3 Å². The lowest BCUT2D eigenvalue weighted by Gasteiger charge is -2.08. The molecular formula is C15H16FN3O6S. The average molecular weight is 385 g/mol. The third-order valence-corrected chi connectivity index (χ3v) is 4.78. The molecule has 1 aromatic heterocycles. The number of anilines is 1. The molecule has 2 aromatic rings. The molecule has 1 aromatic carbocycles. The molecule has 0 fully saturated rings. The zero-order valence-electron chi connectivity index (χ0n) is 13.9. The Bertz CT molecular complexity index is 888. The molecule has 2 rings (SSSR count). The van der Waals surface area contributed by atoms with Crippen molar-refractivity contribution < 1.29 is 31.7 Å². The highest BCUT2D eigenvalue weighted by atomic mass is 32.2. The molecule has 9 nitrogen and oxygen atoms in total. The first-order chi connectivity index (χ1) is 12.2. The van der Waals surface area contributed by atoms with Crippen LogP contribution < -0.4 is 10.0 Å². The van der Waals surface area contributed by atoms with Gasteiger partial charge in [0.15, 0.2) is 12.4 Å². The molecule has 26 heavy (non-hydrogen) atoms. The lowest BCUT2D eigenvalue weighted by Crippen LogP contribution is -2.32. The van der Waals surface area contributed by atoms with Crippen LogP contribution in [0.1, 0.15) is 11.5 Å². The predicted molar refractivity (Wildman–Crippen MR) is 87.2 cm³/mol. The van der Waals surface area contributed by atoms with Crippen LogP contribution in [0.15, 0.2) is 33.7 Å². The summed E-state index contributed by atoms with van der Waals surface area (Å²) in [6.07, 6.45) is 0. The summed E-state index contributed by atoms with van der Waals surface area (Å²) in [6, 6.07) is 5.00. The lowest BCUT2D eigenvalue weighted by atomic mass is 10.3. The van der Waals surface area contributed by atoms with Crippen molar-refractivity contribution in [3.8, 4) is 0 Å². The van der Waals surface area contributed by atoms with Crippen LogP contribution >= 0.6 is 0 Å². The number of amides is 1. The van der Waals surface area contributed by atoms with Crippen LogP contribution in [0.2, 0.25) is 0 Å². The van der Waals surface area contributed by atoms with Crippen molar-refractivity contribution >= 4 is 27.6 Å². The fourth-order valence-corrected chi connectivity index (χ4v) is 3.31. The van der Waals surface area contributed by atoms with Crippen molar-refractivity contribution in [3.63, 3.8) is 0 Å². The molecule has 11 heteroatoms. The summed E-state index contributed by atoms with van der Waals surface area (Å²) in [5.41, 5.74) is 0.480. The maximum Gasteiger partial charge on any atom is 0.321 e. The summed E-state index contributed by atoms with van der Waals surface area (Å²) in [5.74, 6) is -1.98. The number of hydrogen-bond donors (Lipinski definition) is 2. The number of esters is 1. The Hall–Kier alpha value is -2.79. The highest BCUT2D eigenvalue weighted by Crippen LogP contribution is 2.18. The number of aromatic nitrogens is 1.